The average molecular weight is 360 g/mol. The van der Waals surface area contributed by atoms with Gasteiger partial charge in [-0.2, -0.15) is 0 Å². The van der Waals surface area contributed by atoms with E-state index in [9.17, 15) is 15.0 Å². The van der Waals surface area contributed by atoms with E-state index < -0.39 is 12.1 Å². The number of hydrogen-bond donors (Lipinski definition) is 3. The first-order valence-corrected chi connectivity index (χ1v) is 9.76. The van der Waals surface area contributed by atoms with Crippen molar-refractivity contribution in [3.63, 3.8) is 0 Å². The third-order valence-corrected chi connectivity index (χ3v) is 5.85. The molecule has 0 aliphatic heterocycles. The first-order valence-electron chi connectivity index (χ1n) is 9.76. The number of rotatable bonds is 8. The number of aliphatic hydroxyl groups excluding tert-OH is 2. The van der Waals surface area contributed by atoms with Gasteiger partial charge in [0, 0.05) is 18.8 Å². The summed E-state index contributed by atoms with van der Waals surface area (Å²) in [5.74, 6) is 6.25. The molecule has 2 saturated carbocycles. The summed E-state index contributed by atoms with van der Waals surface area (Å²) in [7, 11) is 0. The monoisotopic (exact) mass is 360 g/mol. The molecule has 2 fully saturated rings. The fourth-order valence-corrected chi connectivity index (χ4v) is 4.31. The van der Waals surface area contributed by atoms with E-state index in [0.717, 1.165) is 25.7 Å². The van der Waals surface area contributed by atoms with Crippen LogP contribution in [-0.4, -0.2) is 33.5 Å². The standard InChI is InChI=1S/C22H32O4/c1-3-4-7-15(2)20(23)11-10-18-19-13-16(8-5-6-9-22(25)26)12-17(19)14-21(18)24/h8,10-11,15,17-21,23-24H,5-7,9,12-14H2,1-2H3,(H,25,26)/b11-10+,16-8+/t15?,17?,18-,19?,20-,21-/m1/s1. The number of aliphatic carboxylic acids is 1. The summed E-state index contributed by atoms with van der Waals surface area (Å²) in [6.45, 7) is 3.79. The molecule has 144 valence electrons. The van der Waals surface area contributed by atoms with Gasteiger partial charge in [0.2, 0.25) is 0 Å². The second-order valence-electron chi connectivity index (χ2n) is 7.84. The molecule has 26 heavy (non-hydrogen) atoms. The summed E-state index contributed by atoms with van der Waals surface area (Å²) < 4.78 is 0. The maximum atomic E-state index is 10.6. The van der Waals surface area contributed by atoms with Gasteiger partial charge in [0.05, 0.1) is 12.2 Å². The summed E-state index contributed by atoms with van der Waals surface area (Å²) in [6.07, 6.45) is 10.4. The van der Waals surface area contributed by atoms with Crippen molar-refractivity contribution in [2.75, 3.05) is 0 Å². The molecule has 0 aromatic heterocycles. The van der Waals surface area contributed by atoms with Crippen LogP contribution < -0.4 is 0 Å². The Morgan fingerprint density at radius 2 is 2.15 bits per heavy atom. The van der Waals surface area contributed by atoms with Gasteiger partial charge in [-0.25, -0.2) is 0 Å². The van der Waals surface area contributed by atoms with Crippen LogP contribution in [-0.2, 0) is 4.79 Å². The van der Waals surface area contributed by atoms with Crippen molar-refractivity contribution in [1.29, 1.82) is 0 Å². The molecule has 0 spiro atoms. The lowest BCUT2D eigenvalue weighted by Gasteiger charge is -2.19. The average Bonchev–Trinajstić information content (AvgIpc) is 3.10. The number of aliphatic hydroxyl groups is 2. The van der Waals surface area contributed by atoms with Gasteiger partial charge in [0.1, 0.15) is 0 Å². The molecule has 3 N–H and O–H groups in total. The molecule has 4 heteroatoms. The maximum absolute atomic E-state index is 10.6. The van der Waals surface area contributed by atoms with Crippen molar-refractivity contribution in [3.05, 3.63) is 23.8 Å². The highest BCUT2D eigenvalue weighted by Crippen LogP contribution is 2.50. The molecule has 0 heterocycles. The number of hydrogen-bond acceptors (Lipinski definition) is 3. The van der Waals surface area contributed by atoms with Gasteiger partial charge in [-0.1, -0.05) is 30.7 Å². The fourth-order valence-electron chi connectivity index (χ4n) is 4.31. The van der Waals surface area contributed by atoms with E-state index >= 15 is 0 Å². The summed E-state index contributed by atoms with van der Waals surface area (Å²) in [6, 6.07) is 0. The molecule has 0 aromatic rings. The second kappa shape index (κ2) is 9.94. The molecule has 0 saturated heterocycles. The van der Waals surface area contributed by atoms with Crippen molar-refractivity contribution in [2.45, 2.75) is 71.0 Å². The third kappa shape index (κ3) is 5.72. The normalized spacial score (nSPS) is 31.6. The smallest absolute Gasteiger partial charge is 0.303 e. The molecular weight excluding hydrogens is 328 g/mol. The molecule has 0 aromatic carbocycles. The predicted molar refractivity (Wildman–Crippen MR) is 102 cm³/mol. The molecule has 0 amide bonds. The maximum Gasteiger partial charge on any atom is 0.303 e. The van der Waals surface area contributed by atoms with Gasteiger partial charge in [0.25, 0.3) is 0 Å². The zero-order chi connectivity index (χ0) is 19.1. The van der Waals surface area contributed by atoms with Crippen LogP contribution in [0.15, 0.2) is 23.8 Å². The van der Waals surface area contributed by atoms with Crippen molar-refractivity contribution in [3.8, 4) is 11.8 Å². The molecule has 6 atom stereocenters. The highest BCUT2D eigenvalue weighted by Gasteiger charge is 2.44. The van der Waals surface area contributed by atoms with Crippen LogP contribution >= 0.6 is 0 Å². The van der Waals surface area contributed by atoms with Crippen LogP contribution in [0.1, 0.15) is 58.8 Å². The van der Waals surface area contributed by atoms with E-state index in [4.69, 9.17) is 5.11 Å². The summed E-state index contributed by atoms with van der Waals surface area (Å²) in [5, 5.41) is 29.4. The number of allylic oxidation sites excluding steroid dienone is 2. The zero-order valence-electron chi connectivity index (χ0n) is 15.9. The summed E-state index contributed by atoms with van der Waals surface area (Å²) in [5.41, 5.74) is 1.41. The number of carboxylic acid groups (broad SMARTS) is 1. The van der Waals surface area contributed by atoms with Crippen molar-refractivity contribution in [1.82, 2.24) is 0 Å². The Morgan fingerprint density at radius 3 is 2.85 bits per heavy atom. The highest BCUT2D eigenvalue weighted by atomic mass is 16.4. The molecule has 0 radical (unpaired) electrons. The number of unbranched alkanes of at least 4 members (excludes halogenated alkanes) is 1. The lowest BCUT2D eigenvalue weighted by atomic mass is 9.89. The van der Waals surface area contributed by atoms with E-state index in [1.807, 2.05) is 19.1 Å². The first kappa shape index (κ1) is 20.7. The van der Waals surface area contributed by atoms with Gasteiger partial charge in [0.15, 0.2) is 0 Å². The van der Waals surface area contributed by atoms with Gasteiger partial charge in [-0.3, -0.25) is 4.79 Å². The number of carbonyl (C=O) groups is 1. The molecule has 0 bridgehead atoms. The van der Waals surface area contributed by atoms with Crippen LogP contribution in [0.2, 0.25) is 0 Å². The van der Waals surface area contributed by atoms with Gasteiger partial charge < -0.3 is 15.3 Å². The topological polar surface area (TPSA) is 77.8 Å². The first-order chi connectivity index (χ1) is 12.4. The van der Waals surface area contributed by atoms with Crippen LogP contribution in [0.4, 0.5) is 0 Å². The van der Waals surface area contributed by atoms with Crippen molar-refractivity contribution >= 4 is 5.97 Å². The molecule has 2 rings (SSSR count). The predicted octanol–water partition coefficient (Wildman–Crippen LogP) is 3.54. The Balaban J connectivity index is 1.89. The molecule has 2 aliphatic carbocycles. The Kier molecular flexibility index (Phi) is 7.93. The van der Waals surface area contributed by atoms with Crippen LogP contribution in [0.25, 0.3) is 0 Å². The Hall–Kier alpha value is -1.57. The Morgan fingerprint density at radius 1 is 1.38 bits per heavy atom. The van der Waals surface area contributed by atoms with Crippen LogP contribution in [0.5, 0.6) is 0 Å². The zero-order valence-corrected chi connectivity index (χ0v) is 15.9. The van der Waals surface area contributed by atoms with Crippen molar-refractivity contribution in [2.24, 2.45) is 23.7 Å². The lowest BCUT2D eigenvalue weighted by molar-refractivity contribution is -0.137. The van der Waals surface area contributed by atoms with E-state index in [2.05, 4.69) is 17.9 Å². The van der Waals surface area contributed by atoms with E-state index in [1.54, 1.807) is 6.92 Å². The Labute approximate surface area is 157 Å². The third-order valence-electron chi connectivity index (χ3n) is 5.85. The molecule has 4 nitrogen and oxygen atoms in total. The van der Waals surface area contributed by atoms with E-state index in [-0.39, 0.29) is 24.4 Å². The van der Waals surface area contributed by atoms with Gasteiger partial charge in [-0.05, 0) is 56.8 Å². The van der Waals surface area contributed by atoms with Gasteiger partial charge in [-0.15, -0.1) is 11.8 Å². The number of fused-ring (bicyclic) bond motifs is 1. The molecule has 3 unspecified atom stereocenters. The van der Waals surface area contributed by atoms with Crippen LogP contribution in [0.3, 0.4) is 0 Å². The van der Waals surface area contributed by atoms with Crippen LogP contribution in [0, 0.1) is 35.5 Å². The van der Waals surface area contributed by atoms with E-state index in [1.165, 1.54) is 5.57 Å². The van der Waals surface area contributed by atoms with E-state index in [0.29, 0.717) is 24.7 Å². The summed E-state index contributed by atoms with van der Waals surface area (Å²) >= 11 is 0. The van der Waals surface area contributed by atoms with Crippen molar-refractivity contribution < 1.29 is 20.1 Å². The SMILES string of the molecule is CC#CCC(C)[C@H](O)/C=C/[C@@H]1C2C/C(=C/CCCC(=O)O)CC2C[C@H]1O. The quantitative estimate of drug-likeness (QED) is 0.351. The fraction of sp³-hybridized carbons (Fsp3) is 0.682. The minimum Gasteiger partial charge on any atom is -0.481 e. The minimum atomic E-state index is -0.738. The molecule has 2 aliphatic rings. The summed E-state index contributed by atoms with van der Waals surface area (Å²) in [4.78, 5) is 10.6. The largest absolute Gasteiger partial charge is 0.481 e. The number of carboxylic acids is 1. The Bertz CT molecular complexity index is 595. The minimum absolute atomic E-state index is 0.0845. The highest BCUT2D eigenvalue weighted by molar-refractivity contribution is 5.66. The lowest BCUT2D eigenvalue weighted by Crippen LogP contribution is -2.19. The molecular formula is C22H32O4. The second-order valence-corrected chi connectivity index (χ2v) is 7.84. The van der Waals surface area contributed by atoms with Gasteiger partial charge >= 0.3 is 5.97 Å².